The molecular weight excluding hydrogens is 376 g/mol. The van der Waals surface area contributed by atoms with Crippen molar-refractivity contribution in [2.75, 3.05) is 5.32 Å². The van der Waals surface area contributed by atoms with E-state index in [0.29, 0.717) is 11.6 Å². The molecule has 1 aromatic heterocycles. The van der Waals surface area contributed by atoms with Crippen LogP contribution in [-0.2, 0) is 24.1 Å². The highest BCUT2D eigenvalue weighted by Crippen LogP contribution is 2.30. The molecule has 1 aliphatic carbocycles. The molecule has 0 radical (unpaired) electrons. The first-order chi connectivity index (χ1) is 14.3. The number of benzene rings is 3. The lowest BCUT2D eigenvalue weighted by molar-refractivity contribution is -0.115. The molecule has 1 amide bonds. The van der Waals surface area contributed by atoms with Gasteiger partial charge in [0.1, 0.15) is 0 Å². The second-order valence-electron chi connectivity index (χ2n) is 7.59. The average molecular weight is 399 g/mol. The van der Waals surface area contributed by atoms with Crippen molar-refractivity contribution in [3.05, 3.63) is 82.7 Å². The number of aromatic nitrogens is 1. The van der Waals surface area contributed by atoms with Gasteiger partial charge >= 0.3 is 0 Å². The van der Waals surface area contributed by atoms with Crippen LogP contribution in [0.3, 0.4) is 0 Å². The molecular formula is C25H22N2OS. The van der Waals surface area contributed by atoms with Gasteiger partial charge in [0.15, 0.2) is 5.13 Å². The number of nitrogens with one attached hydrogen (secondary N) is 1. The summed E-state index contributed by atoms with van der Waals surface area (Å²) in [5.41, 5.74) is 6.02. The maximum absolute atomic E-state index is 12.6. The Balaban J connectivity index is 1.31. The van der Waals surface area contributed by atoms with Gasteiger partial charge in [-0.05, 0) is 59.2 Å². The molecule has 144 valence electrons. The molecule has 4 heteroatoms. The fraction of sp³-hybridized carbons (Fsp3) is 0.200. The fourth-order valence-corrected chi connectivity index (χ4v) is 4.88. The van der Waals surface area contributed by atoms with Crippen LogP contribution in [0.15, 0.2) is 66.0 Å². The topological polar surface area (TPSA) is 42.0 Å². The molecule has 4 aromatic rings. The lowest BCUT2D eigenvalue weighted by Gasteiger charge is -2.16. The van der Waals surface area contributed by atoms with Gasteiger partial charge in [-0.3, -0.25) is 4.79 Å². The second-order valence-corrected chi connectivity index (χ2v) is 8.45. The molecule has 0 unspecified atom stereocenters. The Hall–Kier alpha value is -2.98. The molecule has 0 spiro atoms. The highest BCUT2D eigenvalue weighted by atomic mass is 32.1. The van der Waals surface area contributed by atoms with Crippen LogP contribution in [0.25, 0.3) is 22.0 Å². The summed E-state index contributed by atoms with van der Waals surface area (Å²) < 4.78 is 0. The second kappa shape index (κ2) is 7.80. The molecule has 5 rings (SSSR count). The molecule has 0 saturated heterocycles. The van der Waals surface area contributed by atoms with Crippen LogP contribution in [0.4, 0.5) is 5.13 Å². The van der Waals surface area contributed by atoms with E-state index in [-0.39, 0.29) is 5.91 Å². The first-order valence-electron chi connectivity index (χ1n) is 10.1. The lowest BCUT2D eigenvalue weighted by atomic mass is 9.90. The minimum absolute atomic E-state index is 0.0345. The number of hydrogen-bond donors (Lipinski definition) is 1. The van der Waals surface area contributed by atoms with E-state index in [1.807, 2.05) is 29.6 Å². The molecule has 1 heterocycles. The van der Waals surface area contributed by atoms with Gasteiger partial charge < -0.3 is 5.32 Å². The predicted octanol–water partition coefficient (Wildman–Crippen LogP) is 6.02. The van der Waals surface area contributed by atoms with E-state index in [4.69, 9.17) is 0 Å². The Morgan fingerprint density at radius 3 is 2.72 bits per heavy atom. The Morgan fingerprint density at radius 1 is 0.966 bits per heavy atom. The molecule has 29 heavy (non-hydrogen) atoms. The van der Waals surface area contributed by atoms with Gasteiger partial charge in [0.2, 0.25) is 5.91 Å². The number of anilines is 1. The van der Waals surface area contributed by atoms with Crippen molar-refractivity contribution in [3.8, 4) is 11.3 Å². The summed E-state index contributed by atoms with van der Waals surface area (Å²) in [5, 5.41) is 7.94. The summed E-state index contributed by atoms with van der Waals surface area (Å²) in [7, 11) is 0. The minimum Gasteiger partial charge on any atom is -0.302 e. The van der Waals surface area contributed by atoms with Gasteiger partial charge in [0.25, 0.3) is 0 Å². The summed E-state index contributed by atoms with van der Waals surface area (Å²) in [6.45, 7) is 0. The van der Waals surface area contributed by atoms with Crippen LogP contribution in [0, 0.1) is 0 Å². The monoisotopic (exact) mass is 398 g/mol. The van der Waals surface area contributed by atoms with Crippen molar-refractivity contribution in [1.82, 2.24) is 4.98 Å². The van der Waals surface area contributed by atoms with Crippen molar-refractivity contribution >= 4 is 33.1 Å². The number of carbonyl (C=O) groups excluding carboxylic acids is 1. The molecule has 0 atom stereocenters. The van der Waals surface area contributed by atoms with Crippen LogP contribution in [-0.4, -0.2) is 10.9 Å². The summed E-state index contributed by atoms with van der Waals surface area (Å²) in [6, 6.07) is 20.9. The smallest absolute Gasteiger partial charge is 0.230 e. The first kappa shape index (κ1) is 18.1. The molecule has 0 bridgehead atoms. The number of thiazole rings is 1. The molecule has 0 fully saturated rings. The van der Waals surface area contributed by atoms with Crippen LogP contribution in [0.1, 0.15) is 29.5 Å². The quantitative estimate of drug-likeness (QED) is 0.456. The van der Waals surface area contributed by atoms with Crippen LogP contribution in [0.5, 0.6) is 0 Å². The van der Waals surface area contributed by atoms with E-state index < -0.39 is 0 Å². The van der Waals surface area contributed by atoms with Gasteiger partial charge in [0, 0.05) is 10.9 Å². The maximum atomic E-state index is 12.6. The zero-order valence-electron chi connectivity index (χ0n) is 16.2. The summed E-state index contributed by atoms with van der Waals surface area (Å²) >= 11 is 1.48. The summed E-state index contributed by atoms with van der Waals surface area (Å²) in [5.74, 6) is -0.0345. The van der Waals surface area contributed by atoms with Gasteiger partial charge in [-0.15, -0.1) is 11.3 Å². The summed E-state index contributed by atoms with van der Waals surface area (Å²) in [4.78, 5) is 17.3. The van der Waals surface area contributed by atoms with Crippen LogP contribution in [0.2, 0.25) is 0 Å². The Morgan fingerprint density at radius 2 is 1.79 bits per heavy atom. The van der Waals surface area contributed by atoms with Gasteiger partial charge in [-0.25, -0.2) is 4.98 Å². The number of rotatable bonds is 4. The number of aryl methyl sites for hydroxylation is 2. The molecule has 0 saturated carbocycles. The Bertz CT molecular complexity index is 1190. The normalized spacial score (nSPS) is 13.2. The molecule has 0 aliphatic heterocycles. The minimum atomic E-state index is -0.0345. The third-order valence-corrected chi connectivity index (χ3v) is 6.38. The third-order valence-electron chi connectivity index (χ3n) is 5.63. The summed E-state index contributed by atoms with van der Waals surface area (Å²) in [6.07, 6.45) is 5.23. The van der Waals surface area contributed by atoms with Crippen molar-refractivity contribution in [2.45, 2.75) is 32.1 Å². The van der Waals surface area contributed by atoms with Crippen molar-refractivity contribution in [1.29, 1.82) is 0 Å². The van der Waals surface area contributed by atoms with Crippen molar-refractivity contribution in [3.63, 3.8) is 0 Å². The highest BCUT2D eigenvalue weighted by molar-refractivity contribution is 7.14. The highest BCUT2D eigenvalue weighted by Gasteiger charge is 2.13. The van der Waals surface area contributed by atoms with Gasteiger partial charge in [0.05, 0.1) is 12.1 Å². The zero-order valence-corrected chi connectivity index (χ0v) is 17.0. The van der Waals surface area contributed by atoms with Crippen molar-refractivity contribution < 1.29 is 4.79 Å². The lowest BCUT2D eigenvalue weighted by Crippen LogP contribution is -2.14. The molecule has 1 aliphatic rings. The average Bonchev–Trinajstić information content (AvgIpc) is 3.22. The molecule has 3 aromatic carbocycles. The number of carbonyl (C=O) groups is 1. The molecule has 3 nitrogen and oxygen atoms in total. The zero-order chi connectivity index (χ0) is 19.6. The van der Waals surface area contributed by atoms with Crippen LogP contribution >= 0.6 is 11.3 Å². The van der Waals surface area contributed by atoms with Gasteiger partial charge in [-0.1, -0.05) is 54.6 Å². The van der Waals surface area contributed by atoms with Gasteiger partial charge in [-0.2, -0.15) is 0 Å². The number of amides is 1. The number of fused-ring (bicyclic) bond motifs is 2. The maximum Gasteiger partial charge on any atom is 0.230 e. The number of nitrogens with zero attached hydrogens (tertiary/aromatic N) is 1. The Labute approximate surface area is 174 Å². The van der Waals surface area contributed by atoms with Crippen molar-refractivity contribution in [2.24, 2.45) is 0 Å². The third kappa shape index (κ3) is 3.81. The first-order valence-corrected chi connectivity index (χ1v) is 11.0. The van der Waals surface area contributed by atoms with E-state index in [2.05, 4.69) is 46.7 Å². The van der Waals surface area contributed by atoms with E-state index in [9.17, 15) is 4.79 Å². The van der Waals surface area contributed by atoms with E-state index >= 15 is 0 Å². The number of hydrogen-bond acceptors (Lipinski definition) is 3. The van der Waals surface area contributed by atoms with E-state index in [1.54, 1.807) is 0 Å². The van der Waals surface area contributed by atoms with E-state index in [1.165, 1.54) is 41.7 Å². The predicted molar refractivity (Wildman–Crippen MR) is 120 cm³/mol. The largest absolute Gasteiger partial charge is 0.302 e. The van der Waals surface area contributed by atoms with E-state index in [0.717, 1.165) is 34.0 Å². The molecule has 1 N–H and O–H groups in total. The SMILES string of the molecule is O=C(Cc1cccc2ccccc12)Nc1nc(-c2ccc3c(c2)CCCC3)cs1. The standard InChI is InChI=1S/C25H22N2OS/c28-24(15-20-10-5-9-18-7-3-4-11-22(18)20)27-25-26-23(16-29-25)21-13-12-17-6-1-2-8-19(17)14-21/h3-5,7,9-14,16H,1-2,6,8,15H2,(H,26,27,28). The fourth-order valence-electron chi connectivity index (χ4n) is 4.14. The Kier molecular flexibility index (Phi) is 4.86. The van der Waals surface area contributed by atoms with Crippen LogP contribution < -0.4 is 5.32 Å².